The third-order valence-electron chi connectivity index (χ3n) is 2.85. The van der Waals surface area contributed by atoms with Crippen molar-refractivity contribution in [1.82, 2.24) is 0 Å². The fourth-order valence-electron chi connectivity index (χ4n) is 1.83. The zero-order valence-electron chi connectivity index (χ0n) is 11.9. The Bertz CT molecular complexity index is 747. The van der Waals surface area contributed by atoms with Gasteiger partial charge >= 0.3 is 5.97 Å². The van der Waals surface area contributed by atoms with Crippen molar-refractivity contribution in [1.29, 1.82) is 0 Å². The van der Waals surface area contributed by atoms with E-state index in [-0.39, 0.29) is 17.9 Å². The molecule has 2 rings (SSSR count). The topological polar surface area (TPSA) is 58.6 Å². The molecule has 0 amide bonds. The molecule has 22 heavy (non-hydrogen) atoms. The molecule has 0 unspecified atom stereocenters. The third-order valence-corrected chi connectivity index (χ3v) is 2.85. The first-order valence-electron chi connectivity index (χ1n) is 6.48. The fourth-order valence-corrected chi connectivity index (χ4v) is 1.83. The summed E-state index contributed by atoms with van der Waals surface area (Å²) in [5.41, 5.74) is 1.11. The Morgan fingerprint density at radius 3 is 2.73 bits per heavy atom. The number of para-hydroxylation sites is 1. The van der Waals surface area contributed by atoms with Crippen molar-refractivity contribution in [3.8, 4) is 11.8 Å². The summed E-state index contributed by atoms with van der Waals surface area (Å²) in [6, 6.07) is 10.8. The van der Waals surface area contributed by atoms with Gasteiger partial charge in [-0.15, -0.1) is 0 Å². The summed E-state index contributed by atoms with van der Waals surface area (Å²) >= 11 is 0. The monoisotopic (exact) mass is 299 g/mol. The summed E-state index contributed by atoms with van der Waals surface area (Å²) in [6.07, 6.45) is 0. The molecule has 0 spiro atoms. The molecule has 112 valence electrons. The normalized spacial score (nSPS) is 9.73. The Balaban J connectivity index is 2.25. The molecule has 0 aliphatic rings. The SMILES string of the molecule is COCC#Cc1ccc(Nc2ccccc2C(=O)O)c(F)c1. The van der Waals surface area contributed by atoms with E-state index < -0.39 is 11.8 Å². The molecule has 2 aromatic rings. The second-order valence-corrected chi connectivity index (χ2v) is 4.41. The van der Waals surface area contributed by atoms with Crippen LogP contribution in [0.5, 0.6) is 0 Å². The molecule has 0 saturated carbocycles. The van der Waals surface area contributed by atoms with E-state index >= 15 is 0 Å². The van der Waals surface area contributed by atoms with E-state index in [2.05, 4.69) is 17.2 Å². The molecule has 4 nitrogen and oxygen atoms in total. The number of carboxylic acids is 1. The molecule has 0 fully saturated rings. The lowest BCUT2D eigenvalue weighted by molar-refractivity contribution is 0.0698. The molecule has 0 heterocycles. The van der Waals surface area contributed by atoms with Crippen LogP contribution in [-0.2, 0) is 4.74 Å². The average molecular weight is 299 g/mol. The number of benzene rings is 2. The van der Waals surface area contributed by atoms with Crippen LogP contribution in [-0.4, -0.2) is 24.8 Å². The van der Waals surface area contributed by atoms with E-state index in [1.807, 2.05) is 0 Å². The number of rotatable bonds is 4. The van der Waals surface area contributed by atoms with Crippen molar-refractivity contribution >= 4 is 17.3 Å². The summed E-state index contributed by atoms with van der Waals surface area (Å²) in [7, 11) is 1.53. The zero-order valence-corrected chi connectivity index (χ0v) is 11.9. The van der Waals surface area contributed by atoms with Gasteiger partial charge in [0.2, 0.25) is 0 Å². The van der Waals surface area contributed by atoms with Crippen molar-refractivity contribution in [2.75, 3.05) is 19.0 Å². The number of carboxylic acid groups (broad SMARTS) is 1. The maximum absolute atomic E-state index is 14.1. The van der Waals surface area contributed by atoms with E-state index in [4.69, 9.17) is 9.84 Å². The Morgan fingerprint density at radius 2 is 2.05 bits per heavy atom. The number of carbonyl (C=O) groups is 1. The molecule has 2 N–H and O–H groups in total. The van der Waals surface area contributed by atoms with E-state index in [0.717, 1.165) is 0 Å². The number of anilines is 2. The molecular weight excluding hydrogens is 285 g/mol. The molecule has 0 bridgehead atoms. The summed E-state index contributed by atoms with van der Waals surface area (Å²) in [5.74, 6) is 3.92. The number of aromatic carboxylic acids is 1. The molecular formula is C17H14FNO3. The Kier molecular flexibility index (Phi) is 5.12. The van der Waals surface area contributed by atoms with Crippen LogP contribution in [0.4, 0.5) is 15.8 Å². The summed E-state index contributed by atoms with van der Waals surface area (Å²) in [5, 5.41) is 11.9. The van der Waals surface area contributed by atoms with Gasteiger partial charge in [-0.05, 0) is 30.3 Å². The quantitative estimate of drug-likeness (QED) is 0.851. The summed E-state index contributed by atoms with van der Waals surface area (Å²) in [4.78, 5) is 11.1. The summed E-state index contributed by atoms with van der Waals surface area (Å²) < 4.78 is 18.9. The minimum Gasteiger partial charge on any atom is -0.478 e. The molecule has 0 atom stereocenters. The van der Waals surface area contributed by atoms with Crippen molar-refractivity contribution in [2.24, 2.45) is 0 Å². The van der Waals surface area contributed by atoms with E-state index in [1.54, 1.807) is 24.3 Å². The highest BCUT2D eigenvalue weighted by Crippen LogP contribution is 2.23. The Hall–Kier alpha value is -2.84. The molecule has 0 aliphatic heterocycles. The minimum atomic E-state index is -1.08. The lowest BCUT2D eigenvalue weighted by atomic mass is 10.1. The molecule has 0 aromatic heterocycles. The van der Waals surface area contributed by atoms with Gasteiger partial charge in [-0.2, -0.15) is 0 Å². The van der Waals surface area contributed by atoms with Gasteiger partial charge < -0.3 is 15.2 Å². The number of nitrogens with one attached hydrogen (secondary N) is 1. The van der Waals surface area contributed by atoms with Gasteiger partial charge in [0.1, 0.15) is 12.4 Å². The lowest BCUT2D eigenvalue weighted by Gasteiger charge is -2.10. The second kappa shape index (κ2) is 7.25. The highest BCUT2D eigenvalue weighted by Gasteiger charge is 2.11. The van der Waals surface area contributed by atoms with Gasteiger partial charge in [-0.25, -0.2) is 9.18 Å². The van der Waals surface area contributed by atoms with Gasteiger partial charge in [0.05, 0.1) is 16.9 Å². The van der Waals surface area contributed by atoms with Gasteiger partial charge in [0.25, 0.3) is 0 Å². The first-order chi connectivity index (χ1) is 10.6. The Labute approximate surface area is 127 Å². The van der Waals surface area contributed by atoms with Crippen molar-refractivity contribution in [3.63, 3.8) is 0 Å². The largest absolute Gasteiger partial charge is 0.478 e. The van der Waals surface area contributed by atoms with Gasteiger partial charge in [0.15, 0.2) is 0 Å². The first-order valence-corrected chi connectivity index (χ1v) is 6.48. The predicted octanol–water partition coefficient (Wildman–Crippen LogP) is 3.27. The maximum Gasteiger partial charge on any atom is 0.337 e. The average Bonchev–Trinajstić information content (AvgIpc) is 2.50. The van der Waals surface area contributed by atoms with E-state index in [1.165, 1.54) is 25.3 Å². The molecule has 0 aliphatic carbocycles. The van der Waals surface area contributed by atoms with Gasteiger partial charge in [-0.3, -0.25) is 0 Å². The number of hydrogen-bond donors (Lipinski definition) is 2. The van der Waals surface area contributed by atoms with Gasteiger partial charge in [-0.1, -0.05) is 24.0 Å². The smallest absolute Gasteiger partial charge is 0.337 e. The number of ether oxygens (including phenoxy) is 1. The van der Waals surface area contributed by atoms with Crippen LogP contribution in [0.1, 0.15) is 15.9 Å². The van der Waals surface area contributed by atoms with Crippen LogP contribution in [0.25, 0.3) is 0 Å². The lowest BCUT2D eigenvalue weighted by Crippen LogP contribution is -2.03. The maximum atomic E-state index is 14.1. The van der Waals surface area contributed by atoms with Crippen LogP contribution in [0.15, 0.2) is 42.5 Å². The van der Waals surface area contributed by atoms with Crippen LogP contribution in [0.2, 0.25) is 0 Å². The second-order valence-electron chi connectivity index (χ2n) is 4.41. The van der Waals surface area contributed by atoms with Gasteiger partial charge in [0, 0.05) is 12.7 Å². The number of methoxy groups -OCH3 is 1. The molecule has 5 heteroatoms. The van der Waals surface area contributed by atoms with E-state index in [9.17, 15) is 9.18 Å². The van der Waals surface area contributed by atoms with Crippen molar-refractivity contribution in [2.45, 2.75) is 0 Å². The number of hydrogen-bond acceptors (Lipinski definition) is 3. The number of halogens is 1. The molecule has 0 saturated heterocycles. The highest BCUT2D eigenvalue weighted by atomic mass is 19.1. The summed E-state index contributed by atoms with van der Waals surface area (Å²) in [6.45, 7) is 0.271. The Morgan fingerprint density at radius 1 is 1.27 bits per heavy atom. The first kappa shape index (κ1) is 15.5. The fraction of sp³-hybridized carbons (Fsp3) is 0.118. The van der Waals surface area contributed by atoms with Crippen LogP contribution >= 0.6 is 0 Å². The highest BCUT2D eigenvalue weighted by molar-refractivity contribution is 5.95. The zero-order chi connectivity index (χ0) is 15.9. The van der Waals surface area contributed by atoms with Crippen molar-refractivity contribution in [3.05, 3.63) is 59.4 Å². The van der Waals surface area contributed by atoms with Crippen LogP contribution in [0.3, 0.4) is 0 Å². The van der Waals surface area contributed by atoms with Crippen molar-refractivity contribution < 1.29 is 19.0 Å². The third kappa shape index (κ3) is 3.84. The van der Waals surface area contributed by atoms with E-state index in [0.29, 0.717) is 11.3 Å². The minimum absolute atomic E-state index is 0.0749. The standard InChI is InChI=1S/C17H14FNO3/c1-22-10-4-5-12-8-9-16(14(18)11-12)19-15-7-3-2-6-13(15)17(20)21/h2-3,6-9,11,19H,10H2,1H3,(H,20,21). The predicted molar refractivity (Wildman–Crippen MR) is 81.8 cm³/mol. The molecule has 0 radical (unpaired) electrons. The van der Waals surface area contributed by atoms with Crippen LogP contribution in [0, 0.1) is 17.7 Å². The van der Waals surface area contributed by atoms with Crippen LogP contribution < -0.4 is 5.32 Å². The molecule has 2 aromatic carbocycles.